The Kier molecular flexibility index (Phi) is 6.73. The zero-order chi connectivity index (χ0) is 24.5. The summed E-state index contributed by atoms with van der Waals surface area (Å²) in [5.41, 5.74) is 2.65. The number of carbonyl (C=O) groups is 3. The van der Waals surface area contributed by atoms with E-state index in [1.807, 2.05) is 24.8 Å². The molecule has 2 saturated heterocycles. The Bertz CT molecular complexity index is 1130. The maximum atomic E-state index is 13.4. The first-order chi connectivity index (χ1) is 16.9. The molecule has 188 valence electrons. The van der Waals surface area contributed by atoms with Gasteiger partial charge in [0.05, 0.1) is 6.10 Å². The van der Waals surface area contributed by atoms with Crippen LogP contribution in [0.15, 0.2) is 12.1 Å². The van der Waals surface area contributed by atoms with Crippen LogP contribution in [-0.2, 0) is 14.3 Å². The maximum absolute atomic E-state index is 13.4. The number of ether oxygens (including phenoxy) is 1. The molecule has 2 aliphatic heterocycles. The number of rotatable bonds is 8. The lowest BCUT2D eigenvalue weighted by molar-refractivity contribution is -0.131. The van der Waals surface area contributed by atoms with Gasteiger partial charge in [0.2, 0.25) is 11.8 Å². The van der Waals surface area contributed by atoms with Crippen LogP contribution in [0.1, 0.15) is 54.0 Å². The van der Waals surface area contributed by atoms with E-state index in [0.717, 1.165) is 30.8 Å². The highest BCUT2D eigenvalue weighted by Gasteiger charge is 2.33. The van der Waals surface area contributed by atoms with Gasteiger partial charge in [0, 0.05) is 63.2 Å². The third-order valence-corrected chi connectivity index (χ3v) is 7.06. The number of likely N-dealkylation sites (tertiary alicyclic amines) is 1. The molecule has 2 aromatic rings. The fourth-order valence-electron chi connectivity index (χ4n) is 4.96. The Balaban J connectivity index is 1.29. The number of nitrogens with zero attached hydrogens (tertiary/aromatic N) is 6. The highest BCUT2D eigenvalue weighted by atomic mass is 16.5. The van der Waals surface area contributed by atoms with Crippen molar-refractivity contribution < 1.29 is 19.1 Å². The first-order valence-electron chi connectivity index (χ1n) is 12.7. The molecule has 0 spiro atoms. The van der Waals surface area contributed by atoms with E-state index in [9.17, 15) is 14.4 Å². The monoisotopic (exact) mass is 482 g/mol. The largest absolute Gasteiger partial charge is 0.374 e. The van der Waals surface area contributed by atoms with E-state index in [-0.39, 0.29) is 36.1 Å². The molecular formula is C25H34N6O4. The molecule has 3 amide bonds. The third-order valence-electron chi connectivity index (χ3n) is 7.06. The van der Waals surface area contributed by atoms with Crippen molar-refractivity contribution in [1.82, 2.24) is 29.3 Å². The maximum Gasteiger partial charge on any atom is 0.275 e. The van der Waals surface area contributed by atoms with Gasteiger partial charge >= 0.3 is 0 Å². The summed E-state index contributed by atoms with van der Waals surface area (Å²) in [7, 11) is 0. The predicted octanol–water partition coefficient (Wildman–Crippen LogP) is 1.44. The van der Waals surface area contributed by atoms with Crippen molar-refractivity contribution in [2.45, 2.75) is 52.1 Å². The topological polar surface area (TPSA) is 100 Å². The van der Waals surface area contributed by atoms with E-state index in [4.69, 9.17) is 4.74 Å². The molecule has 0 aromatic carbocycles. The first-order valence-corrected chi connectivity index (χ1v) is 12.7. The lowest BCUT2D eigenvalue weighted by atomic mass is 10.2. The van der Waals surface area contributed by atoms with Crippen LogP contribution < -0.4 is 0 Å². The molecule has 35 heavy (non-hydrogen) atoms. The molecule has 1 saturated carbocycles. The molecule has 0 radical (unpaired) electrons. The van der Waals surface area contributed by atoms with Crippen molar-refractivity contribution in [3.8, 4) is 0 Å². The van der Waals surface area contributed by atoms with Crippen LogP contribution in [0.3, 0.4) is 0 Å². The summed E-state index contributed by atoms with van der Waals surface area (Å²) in [5, 5.41) is 4.47. The quantitative estimate of drug-likeness (QED) is 0.565. The standard InChI is InChI=1S/C25H34N6O4/c1-17-11-18(2)31-22(26-17)12-21(27-31)25(34)30-14-20(35-16-19-6-7-19)13-29(24(33)15-30)10-4-9-28-8-3-5-23(28)32/h11-12,19-20H,3-10,13-16H2,1-2H3/t20-/m0/s1. The Morgan fingerprint density at radius 2 is 1.89 bits per heavy atom. The zero-order valence-electron chi connectivity index (χ0n) is 20.6. The van der Waals surface area contributed by atoms with Crippen LogP contribution in [0.4, 0.5) is 0 Å². The second-order valence-corrected chi connectivity index (χ2v) is 10.1. The summed E-state index contributed by atoms with van der Waals surface area (Å²) >= 11 is 0. The van der Waals surface area contributed by atoms with Gasteiger partial charge in [-0.05, 0) is 51.5 Å². The Hall–Kier alpha value is -3.01. The zero-order valence-corrected chi connectivity index (χ0v) is 20.6. The SMILES string of the molecule is Cc1cc(C)n2nc(C(=O)N3CC(=O)N(CCCN4CCCC4=O)C[C@H](OCC4CC4)C3)cc2n1. The number of carbonyl (C=O) groups excluding carboxylic acids is 3. The lowest BCUT2D eigenvalue weighted by Gasteiger charge is -2.25. The number of aryl methyl sites for hydroxylation is 2. The Morgan fingerprint density at radius 1 is 1.09 bits per heavy atom. The lowest BCUT2D eigenvalue weighted by Crippen LogP contribution is -2.40. The summed E-state index contributed by atoms with van der Waals surface area (Å²) in [5.74, 6) is 0.397. The second kappa shape index (κ2) is 9.93. The van der Waals surface area contributed by atoms with Crippen molar-refractivity contribution in [3.63, 3.8) is 0 Å². The molecule has 4 heterocycles. The van der Waals surface area contributed by atoms with Crippen molar-refractivity contribution >= 4 is 23.4 Å². The summed E-state index contributed by atoms with van der Waals surface area (Å²) in [4.78, 5) is 48.2. The van der Waals surface area contributed by atoms with Crippen LogP contribution in [0.5, 0.6) is 0 Å². The molecule has 1 atom stereocenters. The molecule has 1 aliphatic carbocycles. The van der Waals surface area contributed by atoms with Crippen LogP contribution in [0.25, 0.3) is 5.65 Å². The van der Waals surface area contributed by atoms with Crippen molar-refractivity contribution in [2.24, 2.45) is 5.92 Å². The van der Waals surface area contributed by atoms with E-state index in [1.165, 1.54) is 12.8 Å². The Morgan fingerprint density at radius 3 is 2.63 bits per heavy atom. The average Bonchev–Trinajstić information content (AvgIpc) is 3.45. The minimum absolute atomic E-state index is 0.00984. The van der Waals surface area contributed by atoms with Gasteiger partial charge in [0.25, 0.3) is 5.91 Å². The second-order valence-electron chi connectivity index (χ2n) is 10.1. The number of hydrogen-bond acceptors (Lipinski definition) is 6. The summed E-state index contributed by atoms with van der Waals surface area (Å²) in [6, 6.07) is 3.60. The molecule has 3 fully saturated rings. The highest BCUT2D eigenvalue weighted by Crippen LogP contribution is 2.29. The number of hydrogen-bond donors (Lipinski definition) is 0. The van der Waals surface area contributed by atoms with E-state index in [2.05, 4.69) is 10.1 Å². The van der Waals surface area contributed by atoms with E-state index < -0.39 is 0 Å². The fraction of sp³-hybridized carbons (Fsp3) is 0.640. The van der Waals surface area contributed by atoms with Crippen LogP contribution in [0.2, 0.25) is 0 Å². The van der Waals surface area contributed by atoms with Gasteiger partial charge in [-0.15, -0.1) is 0 Å². The third kappa shape index (κ3) is 5.47. The van der Waals surface area contributed by atoms with Gasteiger partial charge < -0.3 is 19.4 Å². The normalized spacial score (nSPS) is 21.3. The van der Waals surface area contributed by atoms with Crippen molar-refractivity contribution in [2.75, 3.05) is 45.9 Å². The highest BCUT2D eigenvalue weighted by molar-refractivity contribution is 5.96. The molecule has 5 rings (SSSR count). The van der Waals surface area contributed by atoms with E-state index >= 15 is 0 Å². The minimum atomic E-state index is -0.287. The molecule has 3 aliphatic rings. The molecule has 0 bridgehead atoms. The molecule has 2 aromatic heterocycles. The van der Waals surface area contributed by atoms with Crippen molar-refractivity contribution in [3.05, 3.63) is 29.2 Å². The van der Waals surface area contributed by atoms with Gasteiger partial charge in [0.15, 0.2) is 11.3 Å². The molecule has 10 nitrogen and oxygen atoms in total. The molecular weight excluding hydrogens is 448 g/mol. The fourth-order valence-corrected chi connectivity index (χ4v) is 4.96. The van der Waals surface area contributed by atoms with E-state index in [0.29, 0.717) is 50.8 Å². The van der Waals surface area contributed by atoms with Gasteiger partial charge in [-0.3, -0.25) is 14.4 Å². The van der Waals surface area contributed by atoms with Crippen molar-refractivity contribution in [1.29, 1.82) is 0 Å². The summed E-state index contributed by atoms with van der Waals surface area (Å²) in [6.07, 6.45) is 4.35. The predicted molar refractivity (Wildman–Crippen MR) is 128 cm³/mol. The number of fused-ring (bicyclic) bond motifs is 1. The van der Waals surface area contributed by atoms with Gasteiger partial charge in [-0.2, -0.15) is 5.10 Å². The van der Waals surface area contributed by atoms with Gasteiger partial charge in [0.1, 0.15) is 6.54 Å². The molecule has 0 N–H and O–H groups in total. The van der Waals surface area contributed by atoms with Gasteiger partial charge in [-0.1, -0.05) is 0 Å². The summed E-state index contributed by atoms with van der Waals surface area (Å²) < 4.78 is 7.84. The van der Waals surface area contributed by atoms with Crippen LogP contribution in [-0.4, -0.2) is 99.0 Å². The molecule has 0 unspecified atom stereocenters. The average molecular weight is 483 g/mol. The smallest absolute Gasteiger partial charge is 0.275 e. The van der Waals surface area contributed by atoms with E-state index in [1.54, 1.807) is 20.4 Å². The number of aromatic nitrogens is 3. The van der Waals surface area contributed by atoms with Crippen LogP contribution >= 0.6 is 0 Å². The molecule has 10 heteroatoms. The number of amides is 3. The first kappa shape index (κ1) is 23.7. The van der Waals surface area contributed by atoms with Gasteiger partial charge in [-0.25, -0.2) is 9.50 Å². The van der Waals surface area contributed by atoms with Crippen LogP contribution in [0, 0.1) is 19.8 Å². The summed E-state index contributed by atoms with van der Waals surface area (Å²) in [6.45, 7) is 7.29. The Labute approximate surface area is 205 Å². The minimum Gasteiger partial charge on any atom is -0.374 e.